The van der Waals surface area contributed by atoms with Crippen molar-refractivity contribution in [2.75, 3.05) is 5.32 Å². The number of aryl methyl sites for hydroxylation is 3. The molecule has 0 radical (unpaired) electrons. The van der Waals surface area contributed by atoms with Gasteiger partial charge in [0.1, 0.15) is 6.04 Å². The Morgan fingerprint density at radius 3 is 2.29 bits per heavy atom. The van der Waals surface area contributed by atoms with Crippen LogP contribution < -0.4 is 16.0 Å². The van der Waals surface area contributed by atoms with E-state index in [-0.39, 0.29) is 16.4 Å². The first-order valence-electron chi connectivity index (χ1n) is 11.6. The number of para-hydroxylation sites is 1. The summed E-state index contributed by atoms with van der Waals surface area (Å²) in [5.41, 5.74) is 5.30. The first-order chi connectivity index (χ1) is 16.5. The molecule has 1 aliphatic rings. The molecule has 9 heteroatoms. The van der Waals surface area contributed by atoms with Crippen molar-refractivity contribution in [3.05, 3.63) is 74.6 Å². The van der Waals surface area contributed by atoms with E-state index >= 15 is 0 Å². The van der Waals surface area contributed by atoms with Crippen LogP contribution in [0.2, 0.25) is 0 Å². The van der Waals surface area contributed by atoms with Gasteiger partial charge in [-0.25, -0.2) is 18.2 Å². The minimum Gasteiger partial charge on any atom is -0.324 e. The number of anilines is 1. The zero-order chi connectivity index (χ0) is 25.5. The molecule has 3 N–H and O–H groups in total. The number of nitrogens with two attached hydrogens (primary N) is 1. The number of nitrogens with zero attached hydrogens (tertiary/aromatic N) is 2. The summed E-state index contributed by atoms with van der Waals surface area (Å²) in [4.78, 5) is 26.6. The SMILES string of the molecule is Cc1ccc(-c2nn([C@@H](C)C(=O)Nc3c(C)cccc3C)c(=O)c3c2CCCC3)cc1S(N)(=O)=O. The molecule has 3 aromatic rings. The van der Waals surface area contributed by atoms with Crippen molar-refractivity contribution in [1.82, 2.24) is 9.78 Å². The van der Waals surface area contributed by atoms with Gasteiger partial charge >= 0.3 is 0 Å². The van der Waals surface area contributed by atoms with Crippen molar-refractivity contribution in [3.8, 4) is 11.3 Å². The number of aromatic nitrogens is 2. The van der Waals surface area contributed by atoms with E-state index in [4.69, 9.17) is 5.14 Å². The molecule has 0 saturated carbocycles. The lowest BCUT2D eigenvalue weighted by atomic mass is 9.89. The molecule has 4 rings (SSSR count). The van der Waals surface area contributed by atoms with Gasteiger partial charge < -0.3 is 5.32 Å². The summed E-state index contributed by atoms with van der Waals surface area (Å²) in [5, 5.41) is 13.0. The highest BCUT2D eigenvalue weighted by Crippen LogP contribution is 2.31. The Bertz CT molecular complexity index is 1470. The van der Waals surface area contributed by atoms with Gasteiger partial charge in [-0.2, -0.15) is 5.10 Å². The minimum atomic E-state index is -3.94. The molecule has 0 saturated heterocycles. The number of rotatable bonds is 5. The van der Waals surface area contributed by atoms with Crippen LogP contribution in [-0.2, 0) is 27.7 Å². The molecule has 35 heavy (non-hydrogen) atoms. The number of benzene rings is 2. The van der Waals surface area contributed by atoms with Gasteiger partial charge in [0.25, 0.3) is 5.56 Å². The number of carbonyl (C=O) groups excluding carboxylic acids is 1. The maximum atomic E-state index is 13.4. The number of fused-ring (bicyclic) bond motifs is 1. The number of nitrogens with one attached hydrogen (secondary N) is 1. The molecular weight excluding hydrogens is 464 g/mol. The monoisotopic (exact) mass is 494 g/mol. The van der Waals surface area contributed by atoms with Gasteiger partial charge in [-0.05, 0) is 81.7 Å². The number of hydrogen-bond acceptors (Lipinski definition) is 5. The molecule has 1 atom stereocenters. The molecule has 1 aliphatic carbocycles. The zero-order valence-corrected chi connectivity index (χ0v) is 21.2. The quantitative estimate of drug-likeness (QED) is 0.561. The second-order valence-electron chi connectivity index (χ2n) is 9.22. The van der Waals surface area contributed by atoms with Crippen molar-refractivity contribution in [3.63, 3.8) is 0 Å². The summed E-state index contributed by atoms with van der Waals surface area (Å²) in [5.74, 6) is -0.354. The van der Waals surface area contributed by atoms with E-state index in [2.05, 4.69) is 10.4 Å². The predicted molar refractivity (Wildman–Crippen MR) is 136 cm³/mol. The van der Waals surface area contributed by atoms with Gasteiger partial charge in [0, 0.05) is 16.8 Å². The van der Waals surface area contributed by atoms with E-state index < -0.39 is 16.1 Å². The first kappa shape index (κ1) is 24.8. The second kappa shape index (κ2) is 9.39. The summed E-state index contributed by atoms with van der Waals surface area (Å²) in [6.07, 6.45) is 3.02. The molecule has 184 valence electrons. The Morgan fingerprint density at radius 1 is 1.03 bits per heavy atom. The Hall–Kier alpha value is -3.30. The van der Waals surface area contributed by atoms with Crippen LogP contribution in [0.15, 0.2) is 46.1 Å². The van der Waals surface area contributed by atoms with Gasteiger partial charge in [0.2, 0.25) is 15.9 Å². The summed E-state index contributed by atoms with van der Waals surface area (Å²) in [6, 6.07) is 9.82. The Balaban J connectivity index is 1.83. The number of amides is 1. The molecule has 2 aromatic carbocycles. The molecule has 0 fully saturated rings. The van der Waals surface area contributed by atoms with Crippen LogP contribution >= 0.6 is 0 Å². The van der Waals surface area contributed by atoms with Crippen molar-refractivity contribution >= 4 is 21.6 Å². The molecule has 0 spiro atoms. The third kappa shape index (κ3) is 4.78. The van der Waals surface area contributed by atoms with Crippen LogP contribution in [0.1, 0.15) is 53.6 Å². The Morgan fingerprint density at radius 2 is 1.66 bits per heavy atom. The van der Waals surface area contributed by atoms with Crippen molar-refractivity contribution < 1.29 is 13.2 Å². The van der Waals surface area contributed by atoms with Crippen molar-refractivity contribution in [1.29, 1.82) is 0 Å². The summed E-state index contributed by atoms with van der Waals surface area (Å²) in [7, 11) is -3.94. The van der Waals surface area contributed by atoms with Gasteiger partial charge in [-0.3, -0.25) is 9.59 Å². The molecule has 8 nitrogen and oxygen atoms in total. The smallest absolute Gasteiger partial charge is 0.271 e. The fourth-order valence-corrected chi connectivity index (χ4v) is 5.46. The van der Waals surface area contributed by atoms with Crippen LogP contribution in [0, 0.1) is 20.8 Å². The third-order valence-electron chi connectivity index (χ3n) is 6.67. The van der Waals surface area contributed by atoms with Gasteiger partial charge in [-0.15, -0.1) is 0 Å². The first-order valence-corrected chi connectivity index (χ1v) is 13.2. The molecule has 1 aromatic heterocycles. The number of primary sulfonamides is 1. The second-order valence-corrected chi connectivity index (χ2v) is 10.7. The molecule has 1 amide bonds. The lowest BCUT2D eigenvalue weighted by Gasteiger charge is -2.23. The summed E-state index contributed by atoms with van der Waals surface area (Å²) in [6.45, 7) is 7.14. The number of hydrogen-bond donors (Lipinski definition) is 2. The fraction of sp³-hybridized carbons (Fsp3) is 0.346. The van der Waals surface area contributed by atoms with Crippen LogP contribution in [0.4, 0.5) is 5.69 Å². The van der Waals surface area contributed by atoms with E-state index in [0.29, 0.717) is 40.9 Å². The van der Waals surface area contributed by atoms with Gasteiger partial charge in [0.15, 0.2) is 0 Å². The normalized spacial score (nSPS) is 14.3. The minimum absolute atomic E-state index is 0.0138. The van der Waals surface area contributed by atoms with E-state index in [0.717, 1.165) is 29.5 Å². The van der Waals surface area contributed by atoms with Crippen molar-refractivity contribution in [2.24, 2.45) is 5.14 Å². The maximum Gasteiger partial charge on any atom is 0.271 e. The Kier molecular flexibility index (Phi) is 6.66. The highest BCUT2D eigenvalue weighted by atomic mass is 32.2. The topological polar surface area (TPSA) is 124 Å². The van der Waals surface area contributed by atoms with Crippen LogP contribution in [0.3, 0.4) is 0 Å². The lowest BCUT2D eigenvalue weighted by molar-refractivity contribution is -0.119. The highest BCUT2D eigenvalue weighted by molar-refractivity contribution is 7.89. The standard InChI is InChI=1S/C26H30N4O4S/c1-15-12-13-19(14-22(15)35(27,33)34)24-20-10-5-6-11-21(20)26(32)30(29-24)18(4)25(31)28-23-16(2)8-7-9-17(23)3/h7-9,12-14,18H,5-6,10-11H2,1-4H3,(H,28,31)(H2,27,33,34)/t18-/m0/s1. The van der Waals surface area contributed by atoms with E-state index in [1.165, 1.54) is 10.7 Å². The zero-order valence-electron chi connectivity index (χ0n) is 20.4. The van der Waals surface area contributed by atoms with Crippen LogP contribution in [0.5, 0.6) is 0 Å². The average Bonchev–Trinajstić information content (AvgIpc) is 2.81. The molecule has 0 unspecified atom stereocenters. The lowest BCUT2D eigenvalue weighted by Crippen LogP contribution is -2.37. The highest BCUT2D eigenvalue weighted by Gasteiger charge is 2.27. The van der Waals surface area contributed by atoms with Crippen LogP contribution in [-0.4, -0.2) is 24.1 Å². The molecule has 0 bridgehead atoms. The number of sulfonamides is 1. The largest absolute Gasteiger partial charge is 0.324 e. The third-order valence-corrected chi connectivity index (χ3v) is 7.72. The van der Waals surface area contributed by atoms with E-state index in [9.17, 15) is 18.0 Å². The molecule has 1 heterocycles. The molecular formula is C26H30N4O4S. The maximum absolute atomic E-state index is 13.4. The Labute approximate surface area is 205 Å². The summed E-state index contributed by atoms with van der Waals surface area (Å²) < 4.78 is 25.5. The van der Waals surface area contributed by atoms with Gasteiger partial charge in [0.05, 0.1) is 10.6 Å². The fourth-order valence-electron chi connectivity index (χ4n) is 4.65. The average molecular weight is 495 g/mol. The number of carbonyl (C=O) groups is 1. The van der Waals surface area contributed by atoms with Crippen LogP contribution in [0.25, 0.3) is 11.3 Å². The van der Waals surface area contributed by atoms with E-state index in [1.807, 2.05) is 32.0 Å². The summed E-state index contributed by atoms with van der Waals surface area (Å²) >= 11 is 0. The van der Waals surface area contributed by atoms with Gasteiger partial charge in [-0.1, -0.05) is 30.3 Å². The van der Waals surface area contributed by atoms with Crippen molar-refractivity contribution in [2.45, 2.75) is 64.3 Å². The predicted octanol–water partition coefficient (Wildman–Crippen LogP) is 3.56. The van der Waals surface area contributed by atoms with E-state index in [1.54, 1.807) is 26.0 Å². The molecule has 0 aliphatic heterocycles.